The molecule has 2 atom stereocenters. The van der Waals surface area contributed by atoms with Crippen LogP contribution in [0.15, 0.2) is 174 Å². The molecule has 0 amide bonds. The Labute approximate surface area is 304 Å². The number of methoxy groups -OCH3 is 2. The largest absolute Gasteiger partial charge is 0.497 e. The minimum atomic E-state index is -3.81. The first kappa shape index (κ1) is 35.1. The predicted molar refractivity (Wildman–Crippen MR) is 202 cm³/mol. The standard InChI is InChI=1S/C38H34N3O8P3/c1-42-31-23-27-34(28-24-31)45-41-51(47-36-29-25-32(43-2)26-30-36)40(44-33-15-7-3-8-16-33)50(46-35-17-9-4-10-18-35)39-52(41,48-37-19-11-5-12-20-37)49-38-21-13-6-14-22-38/h3-30H,1-2H3. The van der Waals surface area contributed by atoms with Crippen LogP contribution in [0.5, 0.6) is 46.0 Å². The number of hydrogen-bond acceptors (Lipinski definition) is 11. The van der Waals surface area contributed by atoms with Crippen LogP contribution in [0.25, 0.3) is 0 Å². The van der Waals surface area contributed by atoms with Gasteiger partial charge in [-0.2, -0.15) is 0 Å². The first-order valence-corrected chi connectivity index (χ1v) is 19.9. The lowest BCUT2D eigenvalue weighted by molar-refractivity contribution is 0.0545. The summed E-state index contributed by atoms with van der Waals surface area (Å²) in [5.41, 5.74) is 0. The van der Waals surface area contributed by atoms with Crippen LogP contribution in [0.1, 0.15) is 0 Å². The Hall–Kier alpha value is -5.27. The Balaban J connectivity index is 1.46. The van der Waals surface area contributed by atoms with Crippen LogP contribution >= 0.6 is 24.6 Å². The fraction of sp³-hybridized carbons (Fsp3) is 0.0526. The van der Waals surface area contributed by atoms with Gasteiger partial charge in [0.2, 0.25) is 0 Å². The summed E-state index contributed by atoms with van der Waals surface area (Å²) >= 11 is 0. The van der Waals surface area contributed by atoms with Gasteiger partial charge in [-0.3, -0.25) is 0 Å². The summed E-state index contributed by atoms with van der Waals surface area (Å²) in [6, 6.07) is 51.7. The highest BCUT2D eigenvalue weighted by Crippen LogP contribution is 2.77. The third kappa shape index (κ3) is 8.60. The van der Waals surface area contributed by atoms with Crippen LogP contribution in [0.2, 0.25) is 0 Å². The molecule has 6 aromatic carbocycles. The van der Waals surface area contributed by atoms with E-state index in [1.54, 1.807) is 55.2 Å². The first-order valence-electron chi connectivity index (χ1n) is 16.0. The summed E-state index contributed by atoms with van der Waals surface area (Å²) in [5.74, 6) is 4.31. The zero-order valence-electron chi connectivity index (χ0n) is 28.1. The predicted octanol–water partition coefficient (Wildman–Crippen LogP) is 11.3. The topological polar surface area (TPSA) is 92.7 Å². The molecule has 7 rings (SSSR count). The fourth-order valence-corrected chi connectivity index (χ4v) is 12.1. The quantitative estimate of drug-likeness (QED) is 0.100. The average Bonchev–Trinajstić information content (AvgIpc) is 3.20. The summed E-state index contributed by atoms with van der Waals surface area (Å²) in [6.07, 6.45) is 0. The van der Waals surface area contributed by atoms with Gasteiger partial charge in [0.15, 0.2) is 0 Å². The Morgan fingerprint density at radius 3 is 1.29 bits per heavy atom. The van der Waals surface area contributed by atoms with E-state index >= 15 is 0 Å². The van der Waals surface area contributed by atoms with E-state index in [9.17, 15) is 0 Å². The number of hydrogen-bond donors (Lipinski definition) is 0. The maximum atomic E-state index is 6.92. The molecule has 0 saturated carbocycles. The van der Waals surface area contributed by atoms with Gasteiger partial charge in [0.25, 0.3) is 0 Å². The number of para-hydroxylation sites is 4. The minimum absolute atomic E-state index is 0.439. The summed E-state index contributed by atoms with van der Waals surface area (Å²) in [4.78, 5) is 13.5. The second-order valence-corrected chi connectivity index (χ2v) is 16.3. The molecule has 0 aliphatic carbocycles. The van der Waals surface area contributed by atoms with Crippen molar-refractivity contribution in [3.63, 3.8) is 0 Å². The molecule has 0 aromatic heterocycles. The van der Waals surface area contributed by atoms with Gasteiger partial charge in [0.05, 0.1) is 14.2 Å². The van der Waals surface area contributed by atoms with E-state index in [1.165, 1.54) is 4.60 Å². The van der Waals surface area contributed by atoms with Crippen molar-refractivity contribution in [1.29, 1.82) is 0 Å². The molecule has 52 heavy (non-hydrogen) atoms. The van der Waals surface area contributed by atoms with E-state index in [4.69, 9.17) is 41.8 Å². The lowest BCUT2D eigenvalue weighted by Crippen LogP contribution is -2.37. The van der Waals surface area contributed by atoms with E-state index in [1.807, 2.05) is 133 Å². The van der Waals surface area contributed by atoms with E-state index < -0.39 is 24.6 Å². The van der Waals surface area contributed by atoms with Gasteiger partial charge in [-0.1, -0.05) is 72.8 Å². The fourth-order valence-electron chi connectivity index (χ4n) is 4.65. The number of rotatable bonds is 14. The van der Waals surface area contributed by atoms with Crippen molar-refractivity contribution in [1.82, 2.24) is 9.21 Å². The number of ether oxygens (including phenoxy) is 2. The van der Waals surface area contributed by atoms with E-state index in [0.717, 1.165) is 0 Å². The molecule has 14 heteroatoms. The van der Waals surface area contributed by atoms with Gasteiger partial charge in [0, 0.05) is 9.21 Å². The van der Waals surface area contributed by atoms with Gasteiger partial charge in [-0.25, -0.2) is 0 Å². The second-order valence-electron chi connectivity index (χ2n) is 10.7. The average molecular weight is 754 g/mol. The highest BCUT2D eigenvalue weighted by Gasteiger charge is 2.58. The van der Waals surface area contributed by atoms with Crippen LogP contribution in [0.3, 0.4) is 0 Å². The molecule has 0 radical (unpaired) electrons. The third-order valence-corrected chi connectivity index (χ3v) is 14.0. The van der Waals surface area contributed by atoms with Gasteiger partial charge in [-0.15, -0.1) is 4.52 Å². The van der Waals surface area contributed by atoms with Gasteiger partial charge in [-0.05, 0) is 97.1 Å². The van der Waals surface area contributed by atoms with Crippen molar-refractivity contribution in [3.8, 4) is 46.0 Å². The smallest absolute Gasteiger partial charge is 0.447 e. The monoisotopic (exact) mass is 753 g/mol. The van der Waals surface area contributed by atoms with Crippen LogP contribution in [0.4, 0.5) is 0 Å². The molecule has 1 aliphatic heterocycles. The molecule has 0 spiro atoms. The second kappa shape index (κ2) is 16.8. The summed E-state index contributed by atoms with van der Waals surface area (Å²) in [5, 5.41) is 0. The van der Waals surface area contributed by atoms with Crippen LogP contribution < -0.4 is 37.2 Å². The summed E-state index contributed by atoms with van der Waals surface area (Å²) in [7, 11) is -4.89. The van der Waals surface area contributed by atoms with Gasteiger partial charge < -0.3 is 37.2 Å². The Bertz CT molecular complexity index is 2010. The summed E-state index contributed by atoms with van der Waals surface area (Å²) in [6.45, 7) is 0. The van der Waals surface area contributed by atoms with Crippen molar-refractivity contribution in [2.45, 2.75) is 0 Å². The maximum absolute atomic E-state index is 6.92. The molecule has 1 aliphatic rings. The molecular weight excluding hydrogens is 719 g/mol. The Morgan fingerprint density at radius 2 is 0.808 bits per heavy atom. The normalized spacial score (nSPS) is 16.8. The molecule has 0 saturated heterocycles. The Kier molecular flexibility index (Phi) is 11.4. The zero-order chi connectivity index (χ0) is 35.6. The van der Waals surface area contributed by atoms with E-state index in [-0.39, 0.29) is 0 Å². The highest BCUT2D eigenvalue weighted by atomic mass is 31.3. The third-order valence-electron chi connectivity index (χ3n) is 7.13. The lowest BCUT2D eigenvalue weighted by Gasteiger charge is -2.43. The molecular formula is C38H34N3O8P3. The zero-order valence-corrected chi connectivity index (χ0v) is 30.8. The van der Waals surface area contributed by atoms with Crippen LogP contribution in [-0.2, 0) is 0 Å². The SMILES string of the molecule is COc1ccc(ON2P(Oc3ccc(OC)cc3)N(Oc3ccccc3)P(Oc3ccccc3)N=P2(Oc2ccccc2)Oc2ccccc2)cc1. The molecule has 0 N–H and O–H groups in total. The van der Waals surface area contributed by atoms with Gasteiger partial charge >= 0.3 is 24.6 Å². The summed E-state index contributed by atoms with van der Waals surface area (Å²) < 4.78 is 46.7. The molecule has 0 bridgehead atoms. The van der Waals surface area contributed by atoms with Crippen molar-refractivity contribution in [2.24, 2.45) is 4.52 Å². The first-order chi connectivity index (χ1) is 25.6. The van der Waals surface area contributed by atoms with Crippen LogP contribution in [0, 0.1) is 0 Å². The molecule has 264 valence electrons. The van der Waals surface area contributed by atoms with Crippen molar-refractivity contribution in [2.75, 3.05) is 14.2 Å². The lowest BCUT2D eigenvalue weighted by atomic mass is 10.3. The minimum Gasteiger partial charge on any atom is -0.497 e. The molecule has 6 aromatic rings. The highest BCUT2D eigenvalue weighted by molar-refractivity contribution is 7.78. The molecule has 11 nitrogen and oxygen atoms in total. The maximum Gasteiger partial charge on any atom is 0.447 e. The van der Waals surface area contributed by atoms with Gasteiger partial charge in [0.1, 0.15) is 46.0 Å². The van der Waals surface area contributed by atoms with Crippen molar-refractivity contribution >= 4 is 24.6 Å². The van der Waals surface area contributed by atoms with E-state index in [0.29, 0.717) is 46.0 Å². The van der Waals surface area contributed by atoms with Crippen LogP contribution in [-0.4, -0.2) is 23.4 Å². The Morgan fingerprint density at radius 1 is 0.423 bits per heavy atom. The number of nitrogens with zero attached hydrogens (tertiary/aromatic N) is 3. The van der Waals surface area contributed by atoms with Crippen molar-refractivity contribution in [3.05, 3.63) is 170 Å². The van der Waals surface area contributed by atoms with Crippen molar-refractivity contribution < 1.29 is 37.2 Å². The molecule has 1 heterocycles. The van der Waals surface area contributed by atoms with E-state index in [2.05, 4.69) is 0 Å². The number of benzene rings is 6. The molecule has 2 unspecified atom stereocenters. The molecule has 0 fully saturated rings.